The first-order chi connectivity index (χ1) is 2.50. The van der Waals surface area contributed by atoms with Crippen molar-refractivity contribution in [2.45, 2.75) is 0 Å². The summed E-state index contributed by atoms with van der Waals surface area (Å²) in [6.45, 7) is 0.889. The second-order valence-electron chi connectivity index (χ2n) is 0.942. The van der Waals surface area contributed by atoms with E-state index in [2.05, 4.69) is 4.99 Å². The zero-order valence-electron chi connectivity index (χ0n) is 2.89. The Morgan fingerprint density at radius 1 is 1.60 bits per heavy atom. The molecule has 1 nitrogen and oxygen atoms in total. The summed E-state index contributed by atoms with van der Waals surface area (Å²) in [7, 11) is 0. The predicted octanol–water partition coefficient (Wildman–Crippen LogP) is 0.627. The van der Waals surface area contributed by atoms with Crippen molar-refractivity contribution < 1.29 is 0 Å². The lowest BCUT2D eigenvalue weighted by molar-refractivity contribution is 1.29. The van der Waals surface area contributed by atoms with E-state index in [1.807, 2.05) is 12.2 Å². The van der Waals surface area contributed by atoms with Crippen molar-refractivity contribution in [3.05, 3.63) is 12.2 Å². The van der Waals surface area contributed by atoms with Crippen LogP contribution in [-0.2, 0) is 0 Å². The molecule has 0 aromatic rings. The van der Waals surface area contributed by atoms with Crippen LogP contribution in [0, 0.1) is 0 Å². The topological polar surface area (TPSA) is 12.4 Å². The first kappa shape index (κ1) is 2.64. The van der Waals surface area contributed by atoms with Gasteiger partial charge in [-0.05, 0) is 6.08 Å². The second-order valence-corrected chi connectivity index (χ2v) is 0.942. The van der Waals surface area contributed by atoms with Crippen LogP contribution in [0.3, 0.4) is 0 Å². The lowest BCUT2D eigenvalue weighted by atomic mass is 10.6. The number of hydrogen-bond acceptors (Lipinski definition) is 1. The van der Waals surface area contributed by atoms with Crippen molar-refractivity contribution in [3.63, 3.8) is 0 Å². The van der Waals surface area contributed by atoms with Crippen molar-refractivity contribution in [2.75, 3.05) is 6.54 Å². The zero-order valence-corrected chi connectivity index (χ0v) is 2.89. The fourth-order valence-corrected chi connectivity index (χ4v) is 0.304. The number of rotatable bonds is 0. The fraction of sp³-hybridized carbons (Fsp3) is 0.250. The van der Waals surface area contributed by atoms with Gasteiger partial charge in [0.15, 0.2) is 0 Å². The van der Waals surface area contributed by atoms with Gasteiger partial charge in [-0.25, -0.2) is 0 Å². The minimum Gasteiger partial charge on any atom is -0.289 e. The van der Waals surface area contributed by atoms with Crippen molar-refractivity contribution in [1.29, 1.82) is 0 Å². The van der Waals surface area contributed by atoms with Gasteiger partial charge >= 0.3 is 0 Å². The van der Waals surface area contributed by atoms with Crippen LogP contribution in [0.4, 0.5) is 0 Å². The van der Waals surface area contributed by atoms with E-state index in [1.165, 1.54) is 0 Å². The lowest BCUT2D eigenvalue weighted by Gasteiger charge is -1.60. The van der Waals surface area contributed by atoms with Gasteiger partial charge in [0.1, 0.15) is 0 Å². The predicted molar refractivity (Wildman–Crippen MR) is 22.5 cm³/mol. The average Bonchev–Trinajstić information content (AvgIpc) is 1.76. The Morgan fingerprint density at radius 3 is 2.80 bits per heavy atom. The molecule has 1 aliphatic heterocycles. The van der Waals surface area contributed by atoms with Crippen LogP contribution in [0.5, 0.6) is 0 Å². The van der Waals surface area contributed by atoms with E-state index in [0.717, 1.165) is 6.54 Å². The van der Waals surface area contributed by atoms with E-state index in [1.54, 1.807) is 6.21 Å². The molecule has 0 saturated carbocycles. The monoisotopic (exact) mass is 67.0 g/mol. The molecule has 0 spiro atoms. The van der Waals surface area contributed by atoms with Crippen molar-refractivity contribution >= 4 is 6.21 Å². The van der Waals surface area contributed by atoms with E-state index < -0.39 is 0 Å². The van der Waals surface area contributed by atoms with Crippen molar-refractivity contribution in [3.8, 4) is 0 Å². The summed E-state index contributed by atoms with van der Waals surface area (Å²) in [6, 6.07) is 0. The van der Waals surface area contributed by atoms with Gasteiger partial charge in [0.05, 0.1) is 6.54 Å². The van der Waals surface area contributed by atoms with E-state index >= 15 is 0 Å². The molecular formula is C4H5N. The molecule has 0 bridgehead atoms. The molecule has 0 aliphatic carbocycles. The van der Waals surface area contributed by atoms with Gasteiger partial charge in [-0.1, -0.05) is 6.08 Å². The summed E-state index contributed by atoms with van der Waals surface area (Å²) >= 11 is 0. The molecule has 26 valence electrons. The van der Waals surface area contributed by atoms with Gasteiger partial charge in [-0.2, -0.15) is 0 Å². The smallest absolute Gasteiger partial charge is 0.0573 e. The van der Waals surface area contributed by atoms with Crippen LogP contribution in [-0.4, -0.2) is 12.8 Å². The minimum absolute atomic E-state index is 0.889. The number of nitrogens with zero attached hydrogens (tertiary/aromatic N) is 1. The number of aliphatic imine (C=N–C) groups is 1. The molecule has 0 aromatic carbocycles. The minimum atomic E-state index is 0.889. The molecule has 0 N–H and O–H groups in total. The molecule has 0 atom stereocenters. The average molecular weight is 67.1 g/mol. The van der Waals surface area contributed by atoms with E-state index in [0.29, 0.717) is 0 Å². The van der Waals surface area contributed by atoms with Crippen molar-refractivity contribution in [1.82, 2.24) is 0 Å². The van der Waals surface area contributed by atoms with Gasteiger partial charge in [0.25, 0.3) is 0 Å². The normalized spacial score (nSPS) is 17.6. The quantitative estimate of drug-likeness (QED) is 0.394. The van der Waals surface area contributed by atoms with Crippen LogP contribution in [0.1, 0.15) is 0 Å². The van der Waals surface area contributed by atoms with Gasteiger partial charge in [-0.15, -0.1) is 0 Å². The summed E-state index contributed by atoms with van der Waals surface area (Å²) in [4.78, 5) is 3.85. The standard InChI is InChI=1S/C4H5N/c1-2-4-5-3-1/h1-3H,4H2. The van der Waals surface area contributed by atoms with Crippen LogP contribution >= 0.6 is 0 Å². The van der Waals surface area contributed by atoms with Gasteiger partial charge in [0.2, 0.25) is 0 Å². The highest BCUT2D eigenvalue weighted by Gasteiger charge is 1.72. The Hall–Kier alpha value is -0.590. The maximum Gasteiger partial charge on any atom is 0.0573 e. The Kier molecular flexibility index (Phi) is 0.537. The number of hydrogen-bond donors (Lipinski definition) is 0. The van der Waals surface area contributed by atoms with Crippen LogP contribution < -0.4 is 0 Å². The Bertz CT molecular complexity index is 61.7. The molecule has 0 aromatic heterocycles. The highest BCUT2D eigenvalue weighted by atomic mass is 14.7. The molecule has 1 rings (SSSR count). The largest absolute Gasteiger partial charge is 0.289 e. The highest BCUT2D eigenvalue weighted by molar-refractivity contribution is 5.73. The van der Waals surface area contributed by atoms with E-state index in [4.69, 9.17) is 0 Å². The lowest BCUT2D eigenvalue weighted by Crippen LogP contribution is -1.54. The van der Waals surface area contributed by atoms with Gasteiger partial charge < -0.3 is 0 Å². The van der Waals surface area contributed by atoms with Gasteiger partial charge in [-0.3, -0.25) is 4.99 Å². The maximum absolute atomic E-state index is 3.85. The molecule has 0 saturated heterocycles. The fourth-order valence-electron chi connectivity index (χ4n) is 0.304. The summed E-state index contributed by atoms with van der Waals surface area (Å²) < 4.78 is 0. The third kappa shape index (κ3) is 0.349. The summed E-state index contributed by atoms with van der Waals surface area (Å²) in [6.07, 6.45) is 5.76. The second kappa shape index (κ2) is 1.02. The van der Waals surface area contributed by atoms with Crippen LogP contribution in [0.25, 0.3) is 0 Å². The molecule has 1 aliphatic rings. The van der Waals surface area contributed by atoms with E-state index in [9.17, 15) is 0 Å². The first-order valence-electron chi connectivity index (χ1n) is 1.65. The SMILES string of the molecule is C1=CCN=C1. The molecule has 1 heteroatoms. The first-order valence-corrected chi connectivity index (χ1v) is 1.65. The molecule has 0 radical (unpaired) electrons. The number of allylic oxidation sites excluding steroid dienone is 1. The Morgan fingerprint density at radius 2 is 2.60 bits per heavy atom. The highest BCUT2D eigenvalue weighted by Crippen LogP contribution is 1.78. The maximum atomic E-state index is 3.85. The summed E-state index contributed by atoms with van der Waals surface area (Å²) in [5, 5.41) is 0. The third-order valence-electron chi connectivity index (χ3n) is 0.538. The Balaban J connectivity index is 2.61. The van der Waals surface area contributed by atoms with Crippen LogP contribution in [0.2, 0.25) is 0 Å². The Labute approximate surface area is 31.0 Å². The molecular weight excluding hydrogens is 62.1 g/mol. The molecule has 0 amide bonds. The van der Waals surface area contributed by atoms with Crippen molar-refractivity contribution in [2.24, 2.45) is 4.99 Å². The molecule has 5 heavy (non-hydrogen) atoms. The van der Waals surface area contributed by atoms with E-state index in [-0.39, 0.29) is 0 Å². The molecule has 1 heterocycles. The third-order valence-corrected chi connectivity index (χ3v) is 0.538. The molecule has 0 unspecified atom stereocenters. The zero-order chi connectivity index (χ0) is 3.54. The van der Waals surface area contributed by atoms with Crippen LogP contribution in [0.15, 0.2) is 17.1 Å². The summed E-state index contributed by atoms with van der Waals surface area (Å²) in [5.74, 6) is 0. The van der Waals surface area contributed by atoms with Gasteiger partial charge in [0, 0.05) is 6.21 Å². The summed E-state index contributed by atoms with van der Waals surface area (Å²) in [5.41, 5.74) is 0. The molecule has 0 fully saturated rings.